The summed E-state index contributed by atoms with van der Waals surface area (Å²) in [5.41, 5.74) is 6.70. The summed E-state index contributed by atoms with van der Waals surface area (Å²) in [6.07, 6.45) is 4.75. The van der Waals surface area contributed by atoms with E-state index >= 15 is 0 Å². The van der Waals surface area contributed by atoms with Crippen LogP contribution in [0.4, 0.5) is 17.5 Å². The van der Waals surface area contributed by atoms with E-state index in [2.05, 4.69) is 121 Å². The van der Waals surface area contributed by atoms with Gasteiger partial charge in [0.05, 0.1) is 5.52 Å². The summed E-state index contributed by atoms with van der Waals surface area (Å²) < 4.78 is 0. The predicted octanol–water partition coefficient (Wildman–Crippen LogP) is 7.29. The molecule has 0 radical (unpaired) electrons. The lowest BCUT2D eigenvalue weighted by atomic mass is 9.82. The highest BCUT2D eigenvalue weighted by Gasteiger charge is 2.22. The van der Waals surface area contributed by atoms with Crippen LogP contribution in [0.25, 0.3) is 21.7 Å². The van der Waals surface area contributed by atoms with Gasteiger partial charge in [0.1, 0.15) is 5.82 Å². The standard InChI is InChI=1S/C36H42N6O/c1-41(2)33-17-9-15-30-29(33)14-10-18-34(30)43-38-24-27-21-19-26(20-22-27)23-37-36-39-32-16-8-7-13-31(32)35(40-36)42(3)25-28-11-5-4-6-12-28/h4-18,26-27,38H,19-25H2,1-3H3,(H,37,39,40). The van der Waals surface area contributed by atoms with Crippen molar-refractivity contribution in [2.45, 2.75) is 32.2 Å². The largest absolute Gasteiger partial charge is 0.408 e. The molecule has 7 heteroatoms. The molecule has 1 fully saturated rings. The molecule has 0 saturated heterocycles. The number of nitrogens with zero attached hydrogens (tertiary/aromatic N) is 4. The fourth-order valence-corrected chi connectivity index (χ4v) is 6.22. The fourth-order valence-electron chi connectivity index (χ4n) is 6.22. The maximum Gasteiger partial charge on any atom is 0.225 e. The van der Waals surface area contributed by atoms with Gasteiger partial charge >= 0.3 is 0 Å². The Labute approximate surface area is 254 Å². The number of aromatic nitrogens is 2. The van der Waals surface area contributed by atoms with Gasteiger partial charge < -0.3 is 20.0 Å². The summed E-state index contributed by atoms with van der Waals surface area (Å²) in [4.78, 5) is 20.3. The van der Waals surface area contributed by atoms with Gasteiger partial charge in [0.25, 0.3) is 0 Å². The number of benzene rings is 4. The first-order chi connectivity index (χ1) is 21.0. The summed E-state index contributed by atoms with van der Waals surface area (Å²) in [7, 11) is 6.25. The van der Waals surface area contributed by atoms with Crippen molar-refractivity contribution >= 4 is 39.1 Å². The minimum atomic E-state index is 0.610. The van der Waals surface area contributed by atoms with E-state index < -0.39 is 0 Å². The van der Waals surface area contributed by atoms with E-state index in [-0.39, 0.29) is 0 Å². The van der Waals surface area contributed by atoms with Gasteiger partial charge in [-0.15, -0.1) is 0 Å². The van der Waals surface area contributed by atoms with Crippen LogP contribution in [0.2, 0.25) is 0 Å². The Kier molecular flexibility index (Phi) is 8.89. The molecule has 0 atom stereocenters. The van der Waals surface area contributed by atoms with Crippen LogP contribution in [0.5, 0.6) is 5.75 Å². The van der Waals surface area contributed by atoms with E-state index in [0.29, 0.717) is 17.8 Å². The molecule has 0 unspecified atom stereocenters. The van der Waals surface area contributed by atoms with Crippen molar-refractivity contribution in [2.75, 3.05) is 49.3 Å². The van der Waals surface area contributed by atoms with E-state index in [1.165, 1.54) is 42.3 Å². The molecule has 0 amide bonds. The topological polar surface area (TPSA) is 65.6 Å². The van der Waals surface area contributed by atoms with Crippen LogP contribution in [0.1, 0.15) is 31.2 Å². The van der Waals surface area contributed by atoms with E-state index in [0.717, 1.165) is 47.5 Å². The molecule has 222 valence electrons. The van der Waals surface area contributed by atoms with Crippen molar-refractivity contribution in [1.82, 2.24) is 15.4 Å². The van der Waals surface area contributed by atoms with Crippen molar-refractivity contribution in [3.05, 3.63) is 96.6 Å². The predicted molar refractivity (Wildman–Crippen MR) is 179 cm³/mol. The Balaban J connectivity index is 1.02. The summed E-state index contributed by atoms with van der Waals surface area (Å²) in [6, 6.07) is 31.4. The number of anilines is 3. The highest BCUT2D eigenvalue weighted by atomic mass is 16.6. The SMILES string of the molecule is CN(C)c1cccc2c(ONCC3CCC(CNc4nc(N(C)Cc5ccccc5)c5ccccc5n4)CC3)cccc12. The Hall–Kier alpha value is -4.36. The molecule has 1 aliphatic carbocycles. The van der Waals surface area contributed by atoms with Crippen molar-refractivity contribution in [3.8, 4) is 5.75 Å². The third-order valence-corrected chi connectivity index (χ3v) is 8.62. The quantitative estimate of drug-likeness (QED) is 0.161. The average molecular weight is 575 g/mol. The minimum absolute atomic E-state index is 0.610. The van der Waals surface area contributed by atoms with Crippen LogP contribution < -0.4 is 25.4 Å². The summed E-state index contributed by atoms with van der Waals surface area (Å²) in [5.74, 6) is 3.76. The molecule has 5 aromatic rings. The van der Waals surface area contributed by atoms with E-state index in [1.807, 2.05) is 12.1 Å². The highest BCUT2D eigenvalue weighted by molar-refractivity contribution is 5.97. The lowest BCUT2D eigenvalue weighted by molar-refractivity contribution is 0.157. The summed E-state index contributed by atoms with van der Waals surface area (Å²) in [5, 5.41) is 6.98. The van der Waals surface area contributed by atoms with Gasteiger partial charge in [0, 0.05) is 62.6 Å². The molecule has 1 aliphatic rings. The maximum absolute atomic E-state index is 6.09. The van der Waals surface area contributed by atoms with E-state index in [1.54, 1.807) is 0 Å². The molecular formula is C36H42N6O. The van der Waals surface area contributed by atoms with Crippen LogP contribution in [0.15, 0.2) is 91.0 Å². The molecule has 1 heterocycles. The molecule has 43 heavy (non-hydrogen) atoms. The first-order valence-electron chi connectivity index (χ1n) is 15.4. The first kappa shape index (κ1) is 28.7. The van der Waals surface area contributed by atoms with Crippen molar-refractivity contribution in [3.63, 3.8) is 0 Å². The smallest absolute Gasteiger partial charge is 0.225 e. The second-order valence-corrected chi connectivity index (χ2v) is 12.0. The number of fused-ring (bicyclic) bond motifs is 2. The molecule has 0 aliphatic heterocycles. The van der Waals surface area contributed by atoms with Crippen LogP contribution >= 0.6 is 0 Å². The third-order valence-electron chi connectivity index (χ3n) is 8.62. The Bertz CT molecular complexity index is 1650. The van der Waals surface area contributed by atoms with Gasteiger partial charge in [0.15, 0.2) is 5.75 Å². The summed E-state index contributed by atoms with van der Waals surface area (Å²) in [6.45, 7) is 2.54. The van der Waals surface area contributed by atoms with Crippen molar-refractivity contribution < 1.29 is 4.84 Å². The Morgan fingerprint density at radius 3 is 2.16 bits per heavy atom. The monoisotopic (exact) mass is 574 g/mol. The molecule has 4 aromatic carbocycles. The third kappa shape index (κ3) is 6.83. The minimum Gasteiger partial charge on any atom is -0.408 e. The van der Waals surface area contributed by atoms with Gasteiger partial charge in [-0.25, -0.2) is 4.98 Å². The maximum atomic E-state index is 6.09. The summed E-state index contributed by atoms with van der Waals surface area (Å²) >= 11 is 0. The second kappa shape index (κ2) is 13.3. The van der Waals surface area contributed by atoms with Gasteiger partial charge in [0.2, 0.25) is 5.95 Å². The molecule has 0 spiro atoms. The van der Waals surface area contributed by atoms with Crippen molar-refractivity contribution in [1.29, 1.82) is 0 Å². The lowest BCUT2D eigenvalue weighted by Gasteiger charge is -2.29. The number of hydrogen-bond donors (Lipinski definition) is 2. The van der Waals surface area contributed by atoms with Gasteiger partial charge in [-0.3, -0.25) is 0 Å². The van der Waals surface area contributed by atoms with Crippen LogP contribution in [-0.4, -0.2) is 44.2 Å². The highest BCUT2D eigenvalue weighted by Crippen LogP contribution is 2.33. The number of hydroxylamine groups is 1. The molecular weight excluding hydrogens is 532 g/mol. The number of hydrogen-bond acceptors (Lipinski definition) is 7. The Morgan fingerprint density at radius 1 is 0.698 bits per heavy atom. The fraction of sp³-hybridized carbons (Fsp3) is 0.333. The van der Waals surface area contributed by atoms with E-state index in [4.69, 9.17) is 14.8 Å². The molecule has 1 aromatic heterocycles. The zero-order chi connectivity index (χ0) is 29.6. The molecule has 2 N–H and O–H groups in total. The number of nitrogens with one attached hydrogen (secondary N) is 2. The molecule has 1 saturated carbocycles. The second-order valence-electron chi connectivity index (χ2n) is 12.0. The van der Waals surface area contributed by atoms with Gasteiger partial charge in [-0.1, -0.05) is 66.7 Å². The molecule has 0 bridgehead atoms. The van der Waals surface area contributed by atoms with Crippen LogP contribution in [0.3, 0.4) is 0 Å². The number of rotatable bonds is 11. The normalized spacial score (nSPS) is 16.7. The number of para-hydroxylation sites is 1. The Morgan fingerprint density at radius 2 is 1.37 bits per heavy atom. The van der Waals surface area contributed by atoms with Gasteiger partial charge in [-0.2, -0.15) is 10.5 Å². The van der Waals surface area contributed by atoms with Crippen molar-refractivity contribution in [2.24, 2.45) is 11.8 Å². The first-order valence-corrected chi connectivity index (χ1v) is 15.4. The zero-order valence-corrected chi connectivity index (χ0v) is 25.5. The molecule has 6 rings (SSSR count). The van der Waals surface area contributed by atoms with Crippen LogP contribution in [-0.2, 0) is 6.54 Å². The molecule has 7 nitrogen and oxygen atoms in total. The zero-order valence-electron chi connectivity index (χ0n) is 25.5. The lowest BCUT2D eigenvalue weighted by Crippen LogP contribution is -2.30. The average Bonchev–Trinajstić information content (AvgIpc) is 3.04. The van der Waals surface area contributed by atoms with Crippen LogP contribution in [0, 0.1) is 11.8 Å². The van der Waals surface area contributed by atoms with Gasteiger partial charge in [-0.05, 0) is 67.3 Å². The van der Waals surface area contributed by atoms with E-state index in [9.17, 15) is 0 Å².